The maximum Gasteiger partial charge on any atom is 0.236 e. The zero-order valence-electron chi connectivity index (χ0n) is 13.0. The SMILES string of the molecule is Cn1cnnc1C1CCCN(S(=O)(=O)C=Cc2ccccc2)C1. The summed E-state index contributed by atoms with van der Waals surface area (Å²) in [5.74, 6) is 0.938. The maximum absolute atomic E-state index is 12.6. The molecule has 1 aromatic heterocycles. The highest BCUT2D eigenvalue weighted by Gasteiger charge is 2.30. The molecular formula is C16H20N4O2S. The molecule has 23 heavy (non-hydrogen) atoms. The van der Waals surface area contributed by atoms with Crippen LogP contribution in [0.4, 0.5) is 0 Å². The van der Waals surface area contributed by atoms with E-state index in [1.807, 2.05) is 41.9 Å². The number of sulfonamides is 1. The van der Waals surface area contributed by atoms with E-state index >= 15 is 0 Å². The first kappa shape index (κ1) is 15.9. The number of hydrogen-bond acceptors (Lipinski definition) is 4. The van der Waals surface area contributed by atoms with E-state index in [9.17, 15) is 8.42 Å². The van der Waals surface area contributed by atoms with Crippen LogP contribution in [0, 0.1) is 0 Å². The topological polar surface area (TPSA) is 68.1 Å². The van der Waals surface area contributed by atoms with Gasteiger partial charge in [0.15, 0.2) is 0 Å². The van der Waals surface area contributed by atoms with Gasteiger partial charge < -0.3 is 4.57 Å². The van der Waals surface area contributed by atoms with Gasteiger partial charge in [0.2, 0.25) is 10.0 Å². The molecule has 7 heteroatoms. The number of piperidine rings is 1. The van der Waals surface area contributed by atoms with Crippen LogP contribution in [0.3, 0.4) is 0 Å². The lowest BCUT2D eigenvalue weighted by Gasteiger charge is -2.30. The third-order valence-corrected chi connectivity index (χ3v) is 5.62. The lowest BCUT2D eigenvalue weighted by molar-refractivity contribution is 0.309. The molecule has 1 aliphatic heterocycles. The Bertz CT molecular complexity index is 783. The van der Waals surface area contributed by atoms with E-state index in [1.165, 1.54) is 9.71 Å². The molecule has 1 aliphatic rings. The molecule has 1 atom stereocenters. The van der Waals surface area contributed by atoms with Crippen LogP contribution in [0.25, 0.3) is 6.08 Å². The van der Waals surface area contributed by atoms with Crippen LogP contribution in [0.5, 0.6) is 0 Å². The molecule has 3 rings (SSSR count). The molecule has 0 N–H and O–H groups in total. The Morgan fingerprint density at radius 1 is 1.26 bits per heavy atom. The van der Waals surface area contributed by atoms with Gasteiger partial charge >= 0.3 is 0 Å². The summed E-state index contributed by atoms with van der Waals surface area (Å²) >= 11 is 0. The minimum atomic E-state index is -3.42. The normalized spacial score (nSPS) is 20.1. The van der Waals surface area contributed by atoms with Crippen molar-refractivity contribution in [1.82, 2.24) is 19.1 Å². The summed E-state index contributed by atoms with van der Waals surface area (Å²) in [4.78, 5) is 0. The first-order valence-corrected chi connectivity index (χ1v) is 9.14. The number of hydrogen-bond donors (Lipinski definition) is 0. The molecule has 0 saturated carbocycles. The van der Waals surface area contributed by atoms with Crippen molar-refractivity contribution in [2.45, 2.75) is 18.8 Å². The molecule has 1 aromatic carbocycles. The van der Waals surface area contributed by atoms with E-state index in [4.69, 9.17) is 0 Å². The average Bonchev–Trinajstić information content (AvgIpc) is 3.00. The molecule has 0 aliphatic carbocycles. The van der Waals surface area contributed by atoms with Gasteiger partial charge in [0.1, 0.15) is 12.2 Å². The van der Waals surface area contributed by atoms with Crippen molar-refractivity contribution in [1.29, 1.82) is 0 Å². The molecule has 2 heterocycles. The van der Waals surface area contributed by atoms with Crippen molar-refractivity contribution in [3.05, 3.63) is 53.5 Å². The molecule has 0 radical (unpaired) electrons. The van der Waals surface area contributed by atoms with E-state index in [-0.39, 0.29) is 5.92 Å². The van der Waals surface area contributed by atoms with Crippen LogP contribution in [0.2, 0.25) is 0 Å². The predicted molar refractivity (Wildman–Crippen MR) is 88.9 cm³/mol. The van der Waals surface area contributed by atoms with E-state index in [1.54, 1.807) is 12.4 Å². The monoisotopic (exact) mass is 332 g/mol. The fraction of sp³-hybridized carbons (Fsp3) is 0.375. The zero-order valence-corrected chi connectivity index (χ0v) is 13.9. The standard InChI is InChI=1S/C16H20N4O2S/c1-19-13-17-18-16(19)15-8-5-10-20(12-15)23(21,22)11-9-14-6-3-2-4-7-14/h2-4,6-7,9,11,13,15H,5,8,10,12H2,1H3. The molecule has 0 bridgehead atoms. The number of benzene rings is 1. The van der Waals surface area contributed by atoms with E-state index < -0.39 is 10.0 Å². The zero-order chi connectivity index (χ0) is 16.3. The van der Waals surface area contributed by atoms with Crippen molar-refractivity contribution in [2.24, 2.45) is 7.05 Å². The first-order chi connectivity index (χ1) is 11.1. The molecule has 1 saturated heterocycles. The Morgan fingerprint density at radius 2 is 2.04 bits per heavy atom. The van der Waals surface area contributed by atoms with E-state index in [0.717, 1.165) is 24.2 Å². The molecule has 1 fully saturated rings. The van der Waals surface area contributed by atoms with Crippen molar-refractivity contribution < 1.29 is 8.42 Å². The van der Waals surface area contributed by atoms with Gasteiger partial charge in [-0.1, -0.05) is 30.3 Å². The summed E-state index contributed by atoms with van der Waals surface area (Å²) in [6.07, 6.45) is 5.05. The second-order valence-electron chi connectivity index (χ2n) is 5.76. The van der Waals surface area contributed by atoms with Crippen molar-refractivity contribution in [2.75, 3.05) is 13.1 Å². The van der Waals surface area contributed by atoms with Crippen molar-refractivity contribution in [3.63, 3.8) is 0 Å². The molecule has 122 valence electrons. The van der Waals surface area contributed by atoms with Crippen LogP contribution in [0.15, 0.2) is 42.1 Å². The summed E-state index contributed by atoms with van der Waals surface area (Å²) in [6, 6.07) is 9.44. The smallest absolute Gasteiger partial charge is 0.236 e. The third-order valence-electron chi connectivity index (χ3n) is 4.09. The quantitative estimate of drug-likeness (QED) is 0.859. The number of aromatic nitrogens is 3. The third kappa shape index (κ3) is 3.68. The van der Waals surface area contributed by atoms with Crippen LogP contribution in [-0.2, 0) is 17.1 Å². The van der Waals surface area contributed by atoms with Gasteiger partial charge in [0.25, 0.3) is 0 Å². The lowest BCUT2D eigenvalue weighted by Crippen LogP contribution is -2.38. The highest BCUT2D eigenvalue weighted by molar-refractivity contribution is 7.92. The second-order valence-corrected chi connectivity index (χ2v) is 7.57. The number of rotatable bonds is 4. The number of aryl methyl sites for hydroxylation is 1. The van der Waals surface area contributed by atoms with Gasteiger partial charge in [0, 0.05) is 31.5 Å². The second kappa shape index (κ2) is 6.64. The predicted octanol–water partition coefficient (Wildman–Crippen LogP) is 2.00. The van der Waals surface area contributed by atoms with Gasteiger partial charge in [-0.25, -0.2) is 8.42 Å². The summed E-state index contributed by atoms with van der Waals surface area (Å²) in [5.41, 5.74) is 0.873. The summed E-state index contributed by atoms with van der Waals surface area (Å²) in [7, 11) is -1.54. The van der Waals surface area contributed by atoms with Crippen LogP contribution in [-0.4, -0.2) is 40.6 Å². The minimum Gasteiger partial charge on any atom is -0.320 e. The van der Waals surface area contributed by atoms with Gasteiger partial charge in [-0.05, 0) is 24.5 Å². The van der Waals surface area contributed by atoms with Crippen molar-refractivity contribution in [3.8, 4) is 0 Å². The Labute approximate surface area is 136 Å². The summed E-state index contributed by atoms with van der Waals surface area (Å²) in [6.45, 7) is 1.00. The fourth-order valence-electron chi connectivity index (χ4n) is 2.86. The lowest BCUT2D eigenvalue weighted by atomic mass is 9.99. The fourth-order valence-corrected chi connectivity index (χ4v) is 4.13. The maximum atomic E-state index is 12.6. The molecule has 6 nitrogen and oxygen atoms in total. The largest absolute Gasteiger partial charge is 0.320 e. The van der Waals surface area contributed by atoms with Gasteiger partial charge in [-0.3, -0.25) is 0 Å². The van der Waals surface area contributed by atoms with E-state index in [0.29, 0.717) is 13.1 Å². The minimum absolute atomic E-state index is 0.0937. The molecular weight excluding hydrogens is 312 g/mol. The molecule has 2 aromatic rings. The van der Waals surface area contributed by atoms with E-state index in [2.05, 4.69) is 10.2 Å². The Hall–Kier alpha value is -1.99. The highest BCUT2D eigenvalue weighted by atomic mass is 32.2. The van der Waals surface area contributed by atoms with Crippen LogP contribution >= 0.6 is 0 Å². The summed E-state index contributed by atoms with van der Waals surface area (Å²) < 4.78 is 28.5. The van der Waals surface area contributed by atoms with Gasteiger partial charge in [-0.2, -0.15) is 4.31 Å². The van der Waals surface area contributed by atoms with Crippen molar-refractivity contribution >= 4 is 16.1 Å². The highest BCUT2D eigenvalue weighted by Crippen LogP contribution is 2.27. The van der Waals surface area contributed by atoms with Gasteiger partial charge in [0.05, 0.1) is 0 Å². The van der Waals surface area contributed by atoms with Crippen LogP contribution in [0.1, 0.15) is 30.1 Å². The Morgan fingerprint density at radius 3 is 2.74 bits per heavy atom. The van der Waals surface area contributed by atoms with Crippen LogP contribution < -0.4 is 0 Å². The summed E-state index contributed by atoms with van der Waals surface area (Å²) in [5, 5.41) is 9.31. The Kier molecular flexibility index (Phi) is 4.58. The molecule has 0 amide bonds. The first-order valence-electron chi connectivity index (χ1n) is 7.63. The number of nitrogens with zero attached hydrogens (tertiary/aromatic N) is 4. The van der Waals surface area contributed by atoms with Gasteiger partial charge in [-0.15, -0.1) is 10.2 Å². The molecule has 0 spiro atoms. The average molecular weight is 332 g/mol. The Balaban J connectivity index is 1.75. The molecule has 1 unspecified atom stereocenters.